The lowest BCUT2D eigenvalue weighted by atomic mass is 9.86. The Labute approximate surface area is 126 Å². The summed E-state index contributed by atoms with van der Waals surface area (Å²) in [5.41, 5.74) is 8.96. The highest BCUT2D eigenvalue weighted by molar-refractivity contribution is 5.28. The van der Waals surface area contributed by atoms with E-state index in [9.17, 15) is 5.11 Å². The van der Waals surface area contributed by atoms with Crippen molar-refractivity contribution in [2.24, 2.45) is 12.8 Å². The number of nitrogens with two attached hydrogens (primary N) is 1. The van der Waals surface area contributed by atoms with Gasteiger partial charge in [0.2, 0.25) is 0 Å². The third-order valence-corrected chi connectivity index (χ3v) is 3.61. The minimum Gasteiger partial charge on any atom is -0.387 e. The molecule has 0 bridgehead atoms. The minimum absolute atomic E-state index is 0.121. The third kappa shape index (κ3) is 3.71. The van der Waals surface area contributed by atoms with Crippen LogP contribution in [0.1, 0.15) is 43.7 Å². The first-order valence-corrected chi connectivity index (χ1v) is 7.30. The molecule has 0 aliphatic heterocycles. The summed E-state index contributed by atoms with van der Waals surface area (Å²) in [4.78, 5) is 0. The SMILES string of the molecule is Cn1cc(C(O)C(N)Cc2ccccc2)c(C(C)(C)C)n1. The van der Waals surface area contributed by atoms with Crippen LogP contribution in [0.25, 0.3) is 0 Å². The van der Waals surface area contributed by atoms with Crippen LogP contribution in [0.3, 0.4) is 0 Å². The van der Waals surface area contributed by atoms with Crippen LogP contribution in [0.2, 0.25) is 0 Å². The van der Waals surface area contributed by atoms with Gasteiger partial charge >= 0.3 is 0 Å². The fourth-order valence-corrected chi connectivity index (χ4v) is 2.53. The predicted molar refractivity (Wildman–Crippen MR) is 85.0 cm³/mol. The van der Waals surface area contributed by atoms with Gasteiger partial charge in [0.15, 0.2) is 0 Å². The quantitative estimate of drug-likeness (QED) is 0.907. The van der Waals surface area contributed by atoms with Crippen LogP contribution in [0, 0.1) is 0 Å². The van der Waals surface area contributed by atoms with E-state index in [2.05, 4.69) is 25.9 Å². The van der Waals surface area contributed by atoms with Crippen molar-refractivity contribution < 1.29 is 5.11 Å². The lowest BCUT2D eigenvalue weighted by molar-refractivity contribution is 0.144. The molecule has 0 radical (unpaired) electrons. The lowest BCUT2D eigenvalue weighted by Crippen LogP contribution is -2.32. The van der Waals surface area contributed by atoms with Crippen LogP contribution in [0.4, 0.5) is 0 Å². The van der Waals surface area contributed by atoms with Gasteiger partial charge in [-0.15, -0.1) is 0 Å². The number of aliphatic hydroxyl groups excluding tert-OH is 1. The summed E-state index contributed by atoms with van der Waals surface area (Å²) < 4.78 is 1.74. The molecule has 4 heteroatoms. The van der Waals surface area contributed by atoms with Gasteiger partial charge in [0.05, 0.1) is 11.8 Å². The highest BCUT2D eigenvalue weighted by Gasteiger charge is 2.28. The molecule has 2 aromatic rings. The van der Waals surface area contributed by atoms with E-state index >= 15 is 0 Å². The number of rotatable bonds is 4. The van der Waals surface area contributed by atoms with Crippen LogP contribution >= 0.6 is 0 Å². The molecular formula is C17H25N3O. The van der Waals surface area contributed by atoms with Gasteiger partial charge in [0, 0.05) is 30.3 Å². The molecule has 0 aliphatic rings. The molecule has 0 saturated carbocycles. The Morgan fingerprint density at radius 3 is 2.43 bits per heavy atom. The maximum Gasteiger partial charge on any atom is 0.0977 e. The van der Waals surface area contributed by atoms with Gasteiger partial charge in [-0.25, -0.2) is 0 Å². The number of hydrogen-bond acceptors (Lipinski definition) is 3. The molecule has 2 rings (SSSR count). The summed E-state index contributed by atoms with van der Waals surface area (Å²) in [6.45, 7) is 6.27. The minimum atomic E-state index is -0.715. The Kier molecular flexibility index (Phi) is 4.49. The van der Waals surface area contributed by atoms with E-state index in [1.54, 1.807) is 4.68 Å². The zero-order valence-corrected chi connectivity index (χ0v) is 13.2. The molecule has 1 aromatic carbocycles. The van der Waals surface area contributed by atoms with E-state index in [-0.39, 0.29) is 11.5 Å². The van der Waals surface area contributed by atoms with Gasteiger partial charge in [-0.3, -0.25) is 4.68 Å². The van der Waals surface area contributed by atoms with E-state index in [0.717, 1.165) is 16.8 Å². The number of aryl methyl sites for hydroxylation is 1. The molecule has 3 N–H and O–H groups in total. The van der Waals surface area contributed by atoms with Gasteiger partial charge in [0.1, 0.15) is 0 Å². The van der Waals surface area contributed by atoms with Crippen LogP contribution in [0.5, 0.6) is 0 Å². The monoisotopic (exact) mass is 287 g/mol. The Morgan fingerprint density at radius 1 is 1.24 bits per heavy atom. The smallest absolute Gasteiger partial charge is 0.0977 e. The maximum absolute atomic E-state index is 10.6. The van der Waals surface area contributed by atoms with E-state index in [0.29, 0.717) is 6.42 Å². The molecule has 1 aromatic heterocycles. The van der Waals surface area contributed by atoms with Gasteiger partial charge in [-0.2, -0.15) is 5.10 Å². The first-order valence-electron chi connectivity index (χ1n) is 7.30. The van der Waals surface area contributed by atoms with Gasteiger partial charge in [-0.05, 0) is 12.0 Å². The second-order valence-corrected chi connectivity index (χ2v) is 6.66. The summed E-state index contributed by atoms with van der Waals surface area (Å²) >= 11 is 0. The number of benzene rings is 1. The Bertz CT molecular complexity index is 584. The molecule has 1 heterocycles. The first-order chi connectivity index (χ1) is 9.79. The zero-order chi connectivity index (χ0) is 15.6. The molecule has 114 valence electrons. The summed E-state index contributed by atoms with van der Waals surface area (Å²) in [6.07, 6.45) is 1.80. The van der Waals surface area contributed by atoms with Crippen LogP contribution < -0.4 is 5.73 Å². The van der Waals surface area contributed by atoms with Gasteiger partial charge in [0.25, 0.3) is 0 Å². The number of aromatic nitrogens is 2. The van der Waals surface area contributed by atoms with Gasteiger partial charge in [-0.1, -0.05) is 51.1 Å². The van der Waals surface area contributed by atoms with Crippen molar-refractivity contribution in [2.45, 2.75) is 44.8 Å². The number of hydrogen-bond donors (Lipinski definition) is 2. The van der Waals surface area contributed by atoms with Crippen molar-refractivity contribution in [2.75, 3.05) is 0 Å². The average Bonchev–Trinajstić information content (AvgIpc) is 2.81. The molecule has 2 unspecified atom stereocenters. The normalized spacial score (nSPS) is 15.0. The van der Waals surface area contributed by atoms with Crippen molar-refractivity contribution in [3.8, 4) is 0 Å². The highest BCUT2D eigenvalue weighted by atomic mass is 16.3. The standard InChI is InChI=1S/C17H25N3O/c1-17(2,3)16-13(11-20(4)19-16)15(21)14(18)10-12-8-6-5-7-9-12/h5-9,11,14-15,21H,10,18H2,1-4H3. The van der Waals surface area contributed by atoms with Crippen molar-refractivity contribution >= 4 is 0 Å². The van der Waals surface area contributed by atoms with Gasteiger partial charge < -0.3 is 10.8 Å². The fourth-order valence-electron chi connectivity index (χ4n) is 2.53. The number of nitrogens with zero attached hydrogens (tertiary/aromatic N) is 2. The Morgan fingerprint density at radius 2 is 1.86 bits per heavy atom. The zero-order valence-electron chi connectivity index (χ0n) is 13.2. The molecule has 2 atom stereocenters. The van der Waals surface area contributed by atoms with Crippen LogP contribution in [0.15, 0.2) is 36.5 Å². The summed E-state index contributed by atoms with van der Waals surface area (Å²) in [5, 5.41) is 15.1. The molecule has 4 nitrogen and oxygen atoms in total. The highest BCUT2D eigenvalue weighted by Crippen LogP contribution is 2.30. The van der Waals surface area contributed by atoms with Crippen molar-refractivity contribution in [1.82, 2.24) is 9.78 Å². The molecule has 0 saturated heterocycles. The molecule has 21 heavy (non-hydrogen) atoms. The fraction of sp³-hybridized carbons (Fsp3) is 0.471. The summed E-state index contributed by atoms with van der Waals surface area (Å²) in [6, 6.07) is 9.65. The average molecular weight is 287 g/mol. The van der Waals surface area contributed by atoms with Crippen LogP contribution in [-0.2, 0) is 18.9 Å². The van der Waals surface area contributed by atoms with Crippen molar-refractivity contribution in [1.29, 1.82) is 0 Å². The predicted octanol–water partition coefficient (Wildman–Crippen LogP) is 2.32. The Hall–Kier alpha value is -1.65. The maximum atomic E-state index is 10.6. The number of aliphatic hydroxyl groups is 1. The molecule has 0 fully saturated rings. The van der Waals surface area contributed by atoms with Crippen LogP contribution in [-0.4, -0.2) is 20.9 Å². The first kappa shape index (κ1) is 15.7. The Balaban J connectivity index is 2.22. The van der Waals surface area contributed by atoms with E-state index < -0.39 is 6.10 Å². The van der Waals surface area contributed by atoms with Crippen molar-refractivity contribution in [3.05, 3.63) is 53.3 Å². The topological polar surface area (TPSA) is 64.1 Å². The molecule has 0 spiro atoms. The van der Waals surface area contributed by atoms with Crippen molar-refractivity contribution in [3.63, 3.8) is 0 Å². The van der Waals surface area contributed by atoms with E-state index in [1.165, 1.54) is 0 Å². The van der Waals surface area contributed by atoms with E-state index in [4.69, 9.17) is 5.73 Å². The lowest BCUT2D eigenvalue weighted by Gasteiger charge is -2.23. The molecule has 0 amide bonds. The largest absolute Gasteiger partial charge is 0.387 e. The summed E-state index contributed by atoms with van der Waals surface area (Å²) in [5.74, 6) is 0. The third-order valence-electron chi connectivity index (χ3n) is 3.61. The molecule has 0 aliphatic carbocycles. The second kappa shape index (κ2) is 6.00. The summed E-state index contributed by atoms with van der Waals surface area (Å²) in [7, 11) is 1.87. The second-order valence-electron chi connectivity index (χ2n) is 6.66. The van der Waals surface area contributed by atoms with E-state index in [1.807, 2.05) is 43.6 Å². The molecular weight excluding hydrogens is 262 g/mol.